The van der Waals surface area contributed by atoms with E-state index in [2.05, 4.69) is 58.2 Å². The van der Waals surface area contributed by atoms with Crippen LogP contribution in [0.3, 0.4) is 0 Å². The number of hydrogen-bond acceptors (Lipinski definition) is 1. The zero-order valence-corrected chi connectivity index (χ0v) is 13.7. The first-order valence-electron chi connectivity index (χ1n) is 6.04. The first-order valence-corrected chi connectivity index (χ1v) is 10.1. The van der Waals surface area contributed by atoms with Crippen LogP contribution in [0.1, 0.15) is 27.2 Å². The molecule has 0 bridgehead atoms. The first-order chi connectivity index (χ1) is 7.16. The molecule has 0 fully saturated rings. The molecular formula is C12H30ClLiOSi2. The fourth-order valence-corrected chi connectivity index (χ4v) is 0.413. The predicted molar refractivity (Wildman–Crippen MR) is 90.6 cm³/mol. The number of hydrogen-bond donors (Lipinski definition) is 0. The van der Waals surface area contributed by atoms with Gasteiger partial charge in [-0.3, -0.25) is 0 Å². The van der Waals surface area contributed by atoms with Crippen molar-refractivity contribution in [2.45, 2.75) is 50.4 Å². The molecule has 0 aromatic heterocycles. The summed E-state index contributed by atoms with van der Waals surface area (Å²) in [6.45, 7) is 16.1. The Morgan fingerprint density at radius 2 is 1.76 bits per heavy atom. The van der Waals surface area contributed by atoms with E-state index in [0.29, 0.717) is 11.6 Å². The molecule has 0 aliphatic heterocycles. The molecule has 100 valence electrons. The Morgan fingerprint density at radius 3 is 2.00 bits per heavy atom. The Kier molecular flexibility index (Phi) is 16.4. The Bertz CT molecular complexity index is 164. The van der Waals surface area contributed by atoms with E-state index in [1.54, 1.807) is 6.08 Å². The van der Waals surface area contributed by atoms with Crippen LogP contribution < -0.4 is 0 Å². The van der Waals surface area contributed by atoms with Gasteiger partial charge in [0.15, 0.2) is 7.38 Å². The van der Waals surface area contributed by atoms with Crippen LogP contribution in [0, 0.1) is 0 Å². The number of ether oxygens (including phenoxy) is 1. The average molecular weight is 289 g/mol. The van der Waals surface area contributed by atoms with E-state index in [-0.39, 0.29) is 11.0 Å². The van der Waals surface area contributed by atoms with E-state index in [9.17, 15) is 0 Å². The van der Waals surface area contributed by atoms with E-state index in [0.717, 1.165) is 13.0 Å². The van der Waals surface area contributed by atoms with Crippen LogP contribution in [0.5, 0.6) is 0 Å². The molecule has 0 atom stereocenters. The molecule has 0 aromatic carbocycles. The molecule has 0 aromatic rings. The molecule has 0 aliphatic rings. The smallest absolute Gasteiger partial charge is 0.0149 e. The topological polar surface area (TPSA) is 9.23 Å². The maximum atomic E-state index is 6.15. The van der Waals surface area contributed by atoms with E-state index in [1.165, 1.54) is 5.09 Å². The zero-order chi connectivity index (χ0) is 13.2. The average Bonchev–Trinajstić information content (AvgIpc) is 2.10. The molecule has 0 amide bonds. The van der Waals surface area contributed by atoms with Gasteiger partial charge < -0.3 is 0 Å². The molecule has 0 rings (SSSR count). The van der Waals surface area contributed by atoms with Gasteiger partial charge in [-0.25, -0.2) is 0 Å². The van der Waals surface area contributed by atoms with Gasteiger partial charge in [-0.15, -0.1) is 0 Å². The van der Waals surface area contributed by atoms with Gasteiger partial charge in [0, 0.05) is 0 Å². The maximum Gasteiger partial charge on any atom is -0.0149 e. The van der Waals surface area contributed by atoms with Crippen LogP contribution in [0.15, 0.2) is 12.7 Å². The molecule has 0 radical (unpaired) electrons. The fraction of sp³-hybridized carbons (Fsp3) is 0.833. The molecule has 0 saturated carbocycles. The summed E-state index contributed by atoms with van der Waals surface area (Å²) < 4.78 is 5.11. The molecule has 0 saturated heterocycles. The van der Waals surface area contributed by atoms with Crippen molar-refractivity contribution in [1.29, 1.82) is 0 Å². The van der Waals surface area contributed by atoms with Crippen molar-refractivity contribution in [3.05, 3.63) is 12.7 Å². The Morgan fingerprint density at radius 1 is 1.35 bits per heavy atom. The van der Waals surface area contributed by atoms with Crippen LogP contribution in [-0.4, -0.2) is 49.3 Å². The van der Waals surface area contributed by atoms with Gasteiger partial charge in [-0.1, -0.05) is 33.9 Å². The van der Waals surface area contributed by atoms with Crippen molar-refractivity contribution < 1.29 is 4.74 Å². The molecule has 0 spiro atoms. The zero-order valence-electron chi connectivity index (χ0n) is 11.9. The summed E-state index contributed by atoms with van der Waals surface area (Å²) in [7, 11) is -1.39. The Hall–Kier alpha value is 1.02. The quantitative estimate of drug-likeness (QED) is 0.327. The maximum absolute atomic E-state index is 6.15. The molecule has 0 aliphatic carbocycles. The minimum absolute atomic E-state index is 0. The van der Waals surface area contributed by atoms with Crippen molar-refractivity contribution in [1.82, 2.24) is 0 Å². The van der Waals surface area contributed by atoms with Crippen molar-refractivity contribution in [3.8, 4) is 0 Å². The van der Waals surface area contributed by atoms with Gasteiger partial charge >= 0.3 is 59.8 Å². The third kappa shape index (κ3) is 17.0. The second kappa shape index (κ2) is 12.1. The standard InChI is InChI=1S/C6H15ClSi.C6H11O.Li.H4Si/c1-6(2,3)8(4,5)7;1-3-5-7-6-4-2;;/h1-5H3;3H,1-2,4-6H2;;1H4. The van der Waals surface area contributed by atoms with Crippen molar-refractivity contribution in [3.63, 3.8) is 0 Å². The summed E-state index contributed by atoms with van der Waals surface area (Å²) in [5.41, 5.74) is 0. The summed E-state index contributed by atoms with van der Waals surface area (Å²) in [5, 5.41) is 1.55. The van der Waals surface area contributed by atoms with Gasteiger partial charge in [0.2, 0.25) is 0 Å². The molecule has 0 heterocycles. The van der Waals surface area contributed by atoms with Crippen LogP contribution in [0.4, 0.5) is 0 Å². The van der Waals surface area contributed by atoms with E-state index in [4.69, 9.17) is 15.8 Å². The summed E-state index contributed by atoms with van der Waals surface area (Å²) >= 11 is 8.30. The van der Waals surface area contributed by atoms with E-state index >= 15 is 0 Å². The third-order valence-electron chi connectivity index (χ3n) is 2.66. The number of rotatable bonds is 5. The van der Waals surface area contributed by atoms with Gasteiger partial charge in [0.25, 0.3) is 0 Å². The number of halogens is 1. The first kappa shape index (κ1) is 23.1. The SMILES string of the molecule is CC(C)(C)[Si](C)(C)Cl.[Li][CH2]CCOCC=C.[SiH4]. The van der Waals surface area contributed by atoms with Crippen molar-refractivity contribution in [2.24, 2.45) is 0 Å². The second-order valence-electron chi connectivity index (χ2n) is 5.44. The van der Waals surface area contributed by atoms with Gasteiger partial charge in [0.05, 0.1) is 0 Å². The largest absolute Gasteiger partial charge is 0.0149 e. The molecule has 5 heteroatoms. The van der Waals surface area contributed by atoms with Crippen molar-refractivity contribution >= 4 is 47.1 Å². The molecule has 0 N–H and O–H groups in total. The predicted octanol–water partition coefficient (Wildman–Crippen LogP) is 2.94. The van der Waals surface area contributed by atoms with E-state index < -0.39 is 7.38 Å². The monoisotopic (exact) mass is 288 g/mol. The summed E-state index contributed by atoms with van der Waals surface area (Å²) in [4.78, 5) is 0. The molecule has 0 unspecified atom stereocenters. The van der Waals surface area contributed by atoms with Crippen LogP contribution >= 0.6 is 11.1 Å². The normalized spacial score (nSPS) is 11.1. The fourth-order valence-electron chi connectivity index (χ4n) is 0.413. The minimum atomic E-state index is -1.39. The van der Waals surface area contributed by atoms with Crippen LogP contribution in [0.2, 0.25) is 23.2 Å². The molecular weight excluding hydrogens is 259 g/mol. The molecule has 1 nitrogen and oxygen atoms in total. The summed E-state index contributed by atoms with van der Waals surface area (Å²) in [6.07, 6.45) is 2.93. The minimum Gasteiger partial charge on any atom is -0.0149 e. The van der Waals surface area contributed by atoms with Gasteiger partial charge in [-0.2, -0.15) is 11.1 Å². The van der Waals surface area contributed by atoms with Crippen LogP contribution in [0.25, 0.3) is 0 Å². The second-order valence-corrected chi connectivity index (χ2v) is 12.7. The molecule has 17 heavy (non-hydrogen) atoms. The Labute approximate surface area is 128 Å². The summed E-state index contributed by atoms with van der Waals surface area (Å²) in [5.74, 6) is 0. The van der Waals surface area contributed by atoms with Crippen LogP contribution in [-0.2, 0) is 4.74 Å². The van der Waals surface area contributed by atoms with Crippen molar-refractivity contribution in [2.75, 3.05) is 13.2 Å². The van der Waals surface area contributed by atoms with E-state index in [1.807, 2.05) is 0 Å². The third-order valence-corrected chi connectivity index (χ3v) is 7.93. The van der Waals surface area contributed by atoms with Gasteiger partial charge in [0.1, 0.15) is 0 Å². The summed E-state index contributed by atoms with van der Waals surface area (Å²) in [6, 6.07) is 0. The van der Waals surface area contributed by atoms with Gasteiger partial charge in [-0.05, 0) is 16.0 Å². The Balaban J connectivity index is -0.000000218.